The molecule has 0 aliphatic carbocycles. The highest BCUT2D eigenvalue weighted by atomic mass is 16.2. The van der Waals surface area contributed by atoms with Crippen molar-refractivity contribution in [3.05, 3.63) is 59.4 Å². The van der Waals surface area contributed by atoms with Crippen molar-refractivity contribution in [2.24, 2.45) is 5.92 Å². The van der Waals surface area contributed by atoms with Crippen molar-refractivity contribution in [3.63, 3.8) is 0 Å². The number of hydrogen-bond donors (Lipinski definition) is 0. The van der Waals surface area contributed by atoms with Crippen molar-refractivity contribution in [3.8, 4) is 0 Å². The Balaban J connectivity index is 1.29. The second-order valence-electron chi connectivity index (χ2n) is 8.35. The summed E-state index contributed by atoms with van der Waals surface area (Å²) in [6.45, 7) is 6.01. The van der Waals surface area contributed by atoms with Crippen molar-refractivity contribution in [2.45, 2.75) is 45.4 Å². The van der Waals surface area contributed by atoms with Crippen LogP contribution in [0.15, 0.2) is 42.6 Å². The van der Waals surface area contributed by atoms with Crippen molar-refractivity contribution in [1.29, 1.82) is 0 Å². The molecule has 4 heteroatoms. The van der Waals surface area contributed by atoms with E-state index in [1.807, 2.05) is 17.0 Å². The molecule has 0 saturated carbocycles. The standard InChI is InChI=1S/C24H31N3O/c1-19-4-6-20(7-5-19)8-9-21-11-16-27(17-12-21)24(28)23-18-22(10-13-25-23)26-14-2-3-15-26/h4-7,10,13,18,21H,2-3,8-9,11-12,14-17H2,1H3. The molecule has 28 heavy (non-hydrogen) atoms. The average molecular weight is 378 g/mol. The van der Waals surface area contributed by atoms with Crippen LogP contribution in [-0.4, -0.2) is 42.0 Å². The molecular formula is C24H31N3O. The molecule has 1 amide bonds. The fraction of sp³-hybridized carbons (Fsp3) is 0.500. The first-order chi connectivity index (χ1) is 13.7. The zero-order valence-electron chi connectivity index (χ0n) is 16.9. The molecule has 4 nitrogen and oxygen atoms in total. The summed E-state index contributed by atoms with van der Waals surface area (Å²) in [4.78, 5) is 21.7. The first-order valence-electron chi connectivity index (χ1n) is 10.7. The Bertz CT molecular complexity index is 788. The highest BCUT2D eigenvalue weighted by Crippen LogP contribution is 2.25. The van der Waals surface area contributed by atoms with E-state index in [1.54, 1.807) is 6.20 Å². The topological polar surface area (TPSA) is 36.4 Å². The molecule has 0 N–H and O–H groups in total. The number of benzene rings is 1. The number of piperidine rings is 1. The number of nitrogens with zero attached hydrogens (tertiary/aromatic N) is 3. The third-order valence-electron chi connectivity index (χ3n) is 6.30. The first kappa shape index (κ1) is 19.0. The zero-order valence-corrected chi connectivity index (χ0v) is 16.9. The van der Waals surface area contributed by atoms with Crippen LogP contribution < -0.4 is 4.90 Å². The lowest BCUT2D eigenvalue weighted by Crippen LogP contribution is -2.39. The number of anilines is 1. The Labute approximate surface area is 168 Å². The van der Waals surface area contributed by atoms with Crippen LogP contribution in [0.2, 0.25) is 0 Å². The van der Waals surface area contributed by atoms with Crippen molar-refractivity contribution in [2.75, 3.05) is 31.1 Å². The minimum Gasteiger partial charge on any atom is -0.371 e. The molecular weight excluding hydrogens is 346 g/mol. The van der Waals surface area contributed by atoms with Crippen LogP contribution in [0.1, 0.15) is 53.7 Å². The van der Waals surface area contributed by atoms with E-state index in [4.69, 9.17) is 0 Å². The fourth-order valence-corrected chi connectivity index (χ4v) is 4.42. The summed E-state index contributed by atoms with van der Waals surface area (Å²) in [6, 6.07) is 12.9. The van der Waals surface area contributed by atoms with Gasteiger partial charge in [0.2, 0.25) is 0 Å². The van der Waals surface area contributed by atoms with Crippen LogP contribution in [0.5, 0.6) is 0 Å². The van der Waals surface area contributed by atoms with Gasteiger partial charge in [0.05, 0.1) is 0 Å². The number of aryl methyl sites for hydroxylation is 2. The van der Waals surface area contributed by atoms with Gasteiger partial charge in [-0.25, -0.2) is 0 Å². The van der Waals surface area contributed by atoms with E-state index in [1.165, 1.54) is 30.4 Å². The predicted molar refractivity (Wildman–Crippen MR) is 114 cm³/mol. The van der Waals surface area contributed by atoms with E-state index in [0.29, 0.717) is 11.6 Å². The Morgan fingerprint density at radius 2 is 1.75 bits per heavy atom. The molecule has 2 saturated heterocycles. The van der Waals surface area contributed by atoms with Crippen LogP contribution in [0.4, 0.5) is 5.69 Å². The van der Waals surface area contributed by atoms with Gasteiger partial charge in [0.25, 0.3) is 5.91 Å². The number of carbonyl (C=O) groups excluding carboxylic acids is 1. The van der Waals surface area contributed by atoms with Crippen molar-refractivity contribution >= 4 is 11.6 Å². The van der Waals surface area contributed by atoms with Crippen LogP contribution in [0.3, 0.4) is 0 Å². The molecule has 0 spiro atoms. The second kappa shape index (κ2) is 8.76. The van der Waals surface area contributed by atoms with Crippen molar-refractivity contribution in [1.82, 2.24) is 9.88 Å². The molecule has 2 fully saturated rings. The van der Waals surface area contributed by atoms with E-state index in [-0.39, 0.29) is 5.91 Å². The second-order valence-corrected chi connectivity index (χ2v) is 8.35. The summed E-state index contributed by atoms with van der Waals surface area (Å²) < 4.78 is 0. The third kappa shape index (κ3) is 4.54. The minimum atomic E-state index is 0.0954. The maximum absolute atomic E-state index is 12.9. The number of carbonyl (C=O) groups is 1. The van der Waals surface area contributed by atoms with Crippen molar-refractivity contribution < 1.29 is 4.79 Å². The maximum atomic E-state index is 12.9. The van der Waals surface area contributed by atoms with Gasteiger partial charge in [-0.2, -0.15) is 0 Å². The molecule has 0 radical (unpaired) electrons. The monoisotopic (exact) mass is 377 g/mol. The number of likely N-dealkylation sites (tertiary alicyclic amines) is 1. The van der Waals surface area contributed by atoms with Gasteiger partial charge in [0.15, 0.2) is 0 Å². The summed E-state index contributed by atoms with van der Waals surface area (Å²) >= 11 is 0. The van der Waals surface area contributed by atoms with E-state index >= 15 is 0 Å². The first-order valence-corrected chi connectivity index (χ1v) is 10.7. The number of rotatable bonds is 5. The zero-order chi connectivity index (χ0) is 19.3. The van der Waals surface area contributed by atoms with Gasteiger partial charge in [0.1, 0.15) is 5.69 Å². The lowest BCUT2D eigenvalue weighted by atomic mass is 9.90. The Hall–Kier alpha value is -2.36. The van der Waals surface area contributed by atoms with Gasteiger partial charge in [-0.05, 0) is 69.1 Å². The average Bonchev–Trinajstić information content (AvgIpc) is 3.28. The molecule has 3 heterocycles. The van der Waals surface area contributed by atoms with E-state index in [9.17, 15) is 4.79 Å². The number of amides is 1. The number of pyridine rings is 1. The SMILES string of the molecule is Cc1ccc(CCC2CCN(C(=O)c3cc(N4CCCC4)ccn3)CC2)cc1. The normalized spacial score (nSPS) is 17.9. The van der Waals surface area contributed by atoms with E-state index < -0.39 is 0 Å². The van der Waals surface area contributed by atoms with Gasteiger partial charge < -0.3 is 9.80 Å². The third-order valence-corrected chi connectivity index (χ3v) is 6.30. The smallest absolute Gasteiger partial charge is 0.272 e. The number of hydrogen-bond acceptors (Lipinski definition) is 3. The quantitative estimate of drug-likeness (QED) is 0.771. The predicted octanol–water partition coefficient (Wildman–Crippen LogP) is 4.48. The van der Waals surface area contributed by atoms with Gasteiger partial charge in [-0.3, -0.25) is 9.78 Å². The molecule has 0 unspecified atom stereocenters. The van der Waals surface area contributed by atoms with Crippen LogP contribution >= 0.6 is 0 Å². The molecule has 2 aromatic rings. The summed E-state index contributed by atoms with van der Waals surface area (Å²) in [6.07, 6.45) is 8.82. The lowest BCUT2D eigenvalue weighted by Gasteiger charge is -2.32. The Morgan fingerprint density at radius 3 is 2.46 bits per heavy atom. The number of aromatic nitrogens is 1. The largest absolute Gasteiger partial charge is 0.371 e. The summed E-state index contributed by atoms with van der Waals surface area (Å²) in [5.74, 6) is 0.812. The lowest BCUT2D eigenvalue weighted by molar-refractivity contribution is 0.0681. The van der Waals surface area contributed by atoms with Crippen LogP contribution in [0, 0.1) is 12.8 Å². The summed E-state index contributed by atoms with van der Waals surface area (Å²) in [5.41, 5.74) is 4.48. The van der Waals surface area contributed by atoms with Crippen LogP contribution in [0.25, 0.3) is 0 Å². The minimum absolute atomic E-state index is 0.0954. The Kier molecular flexibility index (Phi) is 5.94. The molecule has 2 aliphatic rings. The molecule has 2 aliphatic heterocycles. The Morgan fingerprint density at radius 1 is 1.04 bits per heavy atom. The van der Waals surface area contributed by atoms with E-state index in [0.717, 1.165) is 51.1 Å². The molecule has 148 valence electrons. The fourth-order valence-electron chi connectivity index (χ4n) is 4.42. The van der Waals surface area contributed by atoms with Crippen LogP contribution in [-0.2, 0) is 6.42 Å². The highest BCUT2D eigenvalue weighted by molar-refractivity contribution is 5.93. The molecule has 1 aromatic heterocycles. The van der Waals surface area contributed by atoms with Gasteiger partial charge in [0, 0.05) is 38.1 Å². The summed E-state index contributed by atoms with van der Waals surface area (Å²) in [5, 5.41) is 0. The maximum Gasteiger partial charge on any atom is 0.272 e. The van der Waals surface area contributed by atoms with Gasteiger partial charge in [-0.1, -0.05) is 29.8 Å². The molecule has 0 bridgehead atoms. The molecule has 0 atom stereocenters. The molecule has 1 aromatic carbocycles. The van der Waals surface area contributed by atoms with Gasteiger partial charge >= 0.3 is 0 Å². The van der Waals surface area contributed by atoms with Gasteiger partial charge in [-0.15, -0.1) is 0 Å². The summed E-state index contributed by atoms with van der Waals surface area (Å²) in [7, 11) is 0. The molecule has 4 rings (SSSR count). The highest BCUT2D eigenvalue weighted by Gasteiger charge is 2.25. The van der Waals surface area contributed by atoms with E-state index in [2.05, 4.69) is 41.1 Å².